The Labute approximate surface area is 131 Å². The second-order valence-electron chi connectivity index (χ2n) is 4.90. The summed E-state index contributed by atoms with van der Waals surface area (Å²) in [5.41, 5.74) is 7.75. The van der Waals surface area contributed by atoms with Gasteiger partial charge in [0, 0.05) is 5.69 Å². The summed E-state index contributed by atoms with van der Waals surface area (Å²) in [5.74, 6) is -0.813. The van der Waals surface area contributed by atoms with Gasteiger partial charge in [-0.3, -0.25) is 4.79 Å². The molecule has 0 radical (unpaired) electrons. The first-order chi connectivity index (χ1) is 11.1. The van der Waals surface area contributed by atoms with Crippen molar-refractivity contribution in [2.75, 3.05) is 5.32 Å². The quantitative estimate of drug-likeness (QED) is 0.755. The van der Waals surface area contributed by atoms with Gasteiger partial charge in [-0.2, -0.15) is 0 Å². The van der Waals surface area contributed by atoms with E-state index in [0.29, 0.717) is 23.5 Å². The second kappa shape index (κ2) is 6.27. The molecule has 0 atom stereocenters. The highest BCUT2D eigenvalue weighted by Crippen LogP contribution is 2.14. The normalized spacial score (nSPS) is 10.5. The van der Waals surface area contributed by atoms with Crippen molar-refractivity contribution < 1.29 is 9.18 Å². The van der Waals surface area contributed by atoms with Gasteiger partial charge < -0.3 is 11.1 Å². The molecule has 23 heavy (non-hydrogen) atoms. The highest BCUT2D eigenvalue weighted by atomic mass is 19.1. The predicted molar refractivity (Wildman–Crippen MR) is 83.6 cm³/mol. The third-order valence-electron chi connectivity index (χ3n) is 3.28. The molecule has 2 aromatic carbocycles. The minimum atomic E-state index is -0.526. The van der Waals surface area contributed by atoms with Gasteiger partial charge in [0.05, 0.1) is 24.0 Å². The molecule has 0 aliphatic heterocycles. The van der Waals surface area contributed by atoms with Crippen molar-refractivity contribution >= 4 is 11.6 Å². The van der Waals surface area contributed by atoms with E-state index in [1.54, 1.807) is 42.6 Å². The fourth-order valence-electron chi connectivity index (χ4n) is 2.14. The van der Waals surface area contributed by atoms with E-state index in [0.717, 1.165) is 5.69 Å². The number of halogens is 1. The number of para-hydroxylation sites is 1. The van der Waals surface area contributed by atoms with Crippen molar-refractivity contribution in [2.45, 2.75) is 6.54 Å². The van der Waals surface area contributed by atoms with Crippen LogP contribution in [0.25, 0.3) is 5.69 Å². The number of nitrogens with one attached hydrogen (secondary N) is 1. The molecule has 0 spiro atoms. The van der Waals surface area contributed by atoms with Gasteiger partial charge in [-0.15, -0.1) is 5.10 Å². The number of primary amides is 1. The zero-order chi connectivity index (χ0) is 16.2. The van der Waals surface area contributed by atoms with Crippen LogP contribution in [-0.4, -0.2) is 20.9 Å². The molecule has 1 aromatic heterocycles. The van der Waals surface area contributed by atoms with E-state index in [1.165, 1.54) is 16.8 Å². The summed E-state index contributed by atoms with van der Waals surface area (Å²) < 4.78 is 14.4. The van der Waals surface area contributed by atoms with Gasteiger partial charge in [-0.25, -0.2) is 9.07 Å². The first-order valence-electron chi connectivity index (χ1n) is 6.93. The van der Waals surface area contributed by atoms with E-state index in [1.807, 2.05) is 0 Å². The number of carbonyl (C=O) groups excluding carboxylic acids is 1. The van der Waals surface area contributed by atoms with Crippen LogP contribution in [0.15, 0.2) is 54.7 Å². The smallest absolute Gasteiger partial charge is 0.250 e. The Morgan fingerprint density at radius 1 is 1.17 bits per heavy atom. The van der Waals surface area contributed by atoms with Crippen LogP contribution in [-0.2, 0) is 6.54 Å². The van der Waals surface area contributed by atoms with Crippen molar-refractivity contribution in [2.24, 2.45) is 5.73 Å². The average molecular weight is 311 g/mol. The van der Waals surface area contributed by atoms with Gasteiger partial charge in [0.25, 0.3) is 5.91 Å². The SMILES string of the molecule is NC(=O)c1ccccc1-n1cc(CNc2ccc(F)cc2)nn1. The van der Waals surface area contributed by atoms with Crippen molar-refractivity contribution in [3.8, 4) is 5.69 Å². The molecule has 3 aromatic rings. The molecule has 3 rings (SSSR count). The van der Waals surface area contributed by atoms with E-state index < -0.39 is 5.91 Å². The standard InChI is InChI=1S/C16H14FN5O/c17-11-5-7-12(8-6-11)19-9-13-10-22(21-20-13)15-4-2-1-3-14(15)16(18)23/h1-8,10,19H,9H2,(H2,18,23). The number of carbonyl (C=O) groups is 1. The van der Waals surface area contributed by atoms with E-state index in [2.05, 4.69) is 15.6 Å². The van der Waals surface area contributed by atoms with Crippen LogP contribution in [0.2, 0.25) is 0 Å². The predicted octanol–water partition coefficient (Wildman–Crippen LogP) is 2.12. The lowest BCUT2D eigenvalue weighted by molar-refractivity contribution is 0.1000. The highest BCUT2D eigenvalue weighted by molar-refractivity contribution is 5.96. The maximum atomic E-state index is 12.9. The van der Waals surface area contributed by atoms with Gasteiger partial charge in [-0.05, 0) is 36.4 Å². The molecule has 6 nitrogen and oxygen atoms in total. The number of aromatic nitrogens is 3. The molecule has 0 unspecified atom stereocenters. The first kappa shape index (κ1) is 14.7. The largest absolute Gasteiger partial charge is 0.379 e. The Balaban J connectivity index is 1.76. The topological polar surface area (TPSA) is 85.8 Å². The van der Waals surface area contributed by atoms with Crippen LogP contribution in [0.1, 0.15) is 16.1 Å². The lowest BCUT2D eigenvalue weighted by atomic mass is 10.1. The second-order valence-corrected chi connectivity index (χ2v) is 4.90. The zero-order valence-electron chi connectivity index (χ0n) is 12.1. The first-order valence-corrected chi connectivity index (χ1v) is 6.93. The van der Waals surface area contributed by atoms with Gasteiger partial charge in [0.1, 0.15) is 11.5 Å². The lowest BCUT2D eigenvalue weighted by Gasteiger charge is -2.05. The molecular formula is C16H14FN5O. The summed E-state index contributed by atoms with van der Waals surface area (Å²) >= 11 is 0. The molecule has 0 aliphatic carbocycles. The number of rotatable bonds is 5. The number of nitrogens with zero attached hydrogens (tertiary/aromatic N) is 3. The molecular weight excluding hydrogens is 297 g/mol. The van der Waals surface area contributed by atoms with E-state index in [-0.39, 0.29) is 5.82 Å². The van der Waals surface area contributed by atoms with Gasteiger partial charge in [0.2, 0.25) is 0 Å². The van der Waals surface area contributed by atoms with Gasteiger partial charge in [-0.1, -0.05) is 17.3 Å². The summed E-state index contributed by atoms with van der Waals surface area (Å²) in [7, 11) is 0. The van der Waals surface area contributed by atoms with Crippen molar-refractivity contribution in [3.05, 3.63) is 71.8 Å². The molecule has 0 saturated carbocycles. The fraction of sp³-hybridized carbons (Fsp3) is 0.0625. The minimum Gasteiger partial charge on any atom is -0.379 e. The number of hydrogen-bond donors (Lipinski definition) is 2. The third kappa shape index (κ3) is 3.34. The monoisotopic (exact) mass is 311 g/mol. The van der Waals surface area contributed by atoms with E-state index >= 15 is 0 Å². The van der Waals surface area contributed by atoms with Crippen LogP contribution in [0.3, 0.4) is 0 Å². The number of anilines is 1. The Hall–Kier alpha value is -3.22. The zero-order valence-corrected chi connectivity index (χ0v) is 12.1. The summed E-state index contributed by atoms with van der Waals surface area (Å²) in [6.45, 7) is 0.421. The van der Waals surface area contributed by atoms with Crippen LogP contribution in [0, 0.1) is 5.82 Å². The molecule has 1 heterocycles. The minimum absolute atomic E-state index is 0.287. The Bertz CT molecular complexity index is 828. The number of nitrogens with two attached hydrogens (primary N) is 1. The fourth-order valence-corrected chi connectivity index (χ4v) is 2.14. The highest BCUT2D eigenvalue weighted by Gasteiger charge is 2.11. The molecule has 0 fully saturated rings. The summed E-state index contributed by atoms with van der Waals surface area (Å²) in [5, 5.41) is 11.2. The number of benzene rings is 2. The molecule has 3 N–H and O–H groups in total. The molecule has 7 heteroatoms. The molecule has 116 valence electrons. The van der Waals surface area contributed by atoms with Crippen molar-refractivity contribution in [1.82, 2.24) is 15.0 Å². The molecule has 0 saturated heterocycles. The molecule has 1 amide bonds. The van der Waals surface area contributed by atoms with E-state index in [9.17, 15) is 9.18 Å². The third-order valence-corrected chi connectivity index (χ3v) is 3.28. The Kier molecular flexibility index (Phi) is 4.01. The lowest BCUT2D eigenvalue weighted by Crippen LogP contribution is -2.14. The van der Waals surface area contributed by atoms with Crippen LogP contribution in [0.4, 0.5) is 10.1 Å². The van der Waals surface area contributed by atoms with Crippen LogP contribution in [0.5, 0.6) is 0 Å². The average Bonchev–Trinajstić information content (AvgIpc) is 3.03. The summed E-state index contributed by atoms with van der Waals surface area (Å²) in [4.78, 5) is 11.5. The summed E-state index contributed by atoms with van der Waals surface area (Å²) in [6.07, 6.45) is 1.71. The maximum absolute atomic E-state index is 12.9. The number of amides is 1. The van der Waals surface area contributed by atoms with Gasteiger partial charge in [0.15, 0.2) is 0 Å². The van der Waals surface area contributed by atoms with E-state index in [4.69, 9.17) is 5.73 Å². The maximum Gasteiger partial charge on any atom is 0.250 e. The Morgan fingerprint density at radius 3 is 2.65 bits per heavy atom. The number of hydrogen-bond acceptors (Lipinski definition) is 4. The van der Waals surface area contributed by atoms with Crippen LogP contribution >= 0.6 is 0 Å². The Morgan fingerprint density at radius 2 is 1.91 bits per heavy atom. The summed E-state index contributed by atoms with van der Waals surface area (Å²) in [6, 6.07) is 12.9. The van der Waals surface area contributed by atoms with Crippen molar-refractivity contribution in [1.29, 1.82) is 0 Å². The molecule has 0 aliphatic rings. The molecule has 0 bridgehead atoms. The van der Waals surface area contributed by atoms with Gasteiger partial charge >= 0.3 is 0 Å². The van der Waals surface area contributed by atoms with Crippen LogP contribution < -0.4 is 11.1 Å². The van der Waals surface area contributed by atoms with Crippen molar-refractivity contribution in [3.63, 3.8) is 0 Å².